The van der Waals surface area contributed by atoms with E-state index in [2.05, 4.69) is 4.98 Å². The maximum absolute atomic E-state index is 11.1. The summed E-state index contributed by atoms with van der Waals surface area (Å²) in [5.74, 6) is 0.455. The van der Waals surface area contributed by atoms with Crippen LogP contribution < -0.4 is 10.5 Å². The Balaban J connectivity index is 1.74. The Bertz CT molecular complexity index is 938. The van der Waals surface area contributed by atoms with E-state index in [4.69, 9.17) is 10.5 Å². The van der Waals surface area contributed by atoms with Crippen LogP contribution in [-0.2, 0) is 11.2 Å². The van der Waals surface area contributed by atoms with Crippen molar-refractivity contribution in [3.8, 4) is 22.8 Å². The van der Waals surface area contributed by atoms with Gasteiger partial charge in [0.1, 0.15) is 11.9 Å². The number of primary amides is 1. The normalized spacial score (nSPS) is 10.3. The van der Waals surface area contributed by atoms with Crippen LogP contribution in [0.3, 0.4) is 0 Å². The van der Waals surface area contributed by atoms with Gasteiger partial charge in [-0.1, -0.05) is 36.4 Å². The SMILES string of the molecule is NC(=O)Cc1cccc(-c2ccc(Oc3ccc([N+](=O)[O-])cn3)cc2)c1. The molecular formula is C19H15N3O4. The van der Waals surface area contributed by atoms with Crippen LogP contribution >= 0.6 is 0 Å². The molecule has 2 N–H and O–H groups in total. The lowest BCUT2D eigenvalue weighted by Gasteiger charge is -2.07. The van der Waals surface area contributed by atoms with Crippen molar-refractivity contribution in [2.24, 2.45) is 5.73 Å². The molecule has 0 saturated heterocycles. The van der Waals surface area contributed by atoms with Crippen LogP contribution in [0.5, 0.6) is 11.6 Å². The molecule has 2 aromatic carbocycles. The Morgan fingerprint density at radius 2 is 1.85 bits per heavy atom. The second-order valence-electron chi connectivity index (χ2n) is 5.58. The number of hydrogen-bond donors (Lipinski definition) is 1. The Kier molecular flexibility index (Phi) is 4.89. The zero-order chi connectivity index (χ0) is 18.5. The highest BCUT2D eigenvalue weighted by molar-refractivity contribution is 5.77. The van der Waals surface area contributed by atoms with Gasteiger partial charge in [0, 0.05) is 12.1 Å². The maximum Gasteiger partial charge on any atom is 0.287 e. The number of nitrogens with zero attached hydrogens (tertiary/aromatic N) is 2. The summed E-state index contributed by atoms with van der Waals surface area (Å²) in [5, 5.41) is 10.6. The number of carbonyl (C=O) groups excluding carboxylic acids is 1. The van der Waals surface area contributed by atoms with Crippen LogP contribution in [0.4, 0.5) is 5.69 Å². The van der Waals surface area contributed by atoms with E-state index in [0.717, 1.165) is 22.9 Å². The average Bonchev–Trinajstić information content (AvgIpc) is 2.62. The second-order valence-corrected chi connectivity index (χ2v) is 5.58. The third-order valence-electron chi connectivity index (χ3n) is 3.65. The van der Waals surface area contributed by atoms with Crippen LogP contribution in [-0.4, -0.2) is 15.8 Å². The fourth-order valence-corrected chi connectivity index (χ4v) is 2.44. The number of pyridine rings is 1. The first kappa shape index (κ1) is 17.1. The Labute approximate surface area is 149 Å². The van der Waals surface area contributed by atoms with Crippen LogP contribution in [0.15, 0.2) is 66.9 Å². The minimum Gasteiger partial charge on any atom is -0.439 e. The predicted octanol–water partition coefficient (Wildman–Crippen LogP) is 3.48. The smallest absolute Gasteiger partial charge is 0.287 e. The van der Waals surface area contributed by atoms with Gasteiger partial charge in [-0.3, -0.25) is 14.9 Å². The summed E-state index contributed by atoms with van der Waals surface area (Å²) in [6.45, 7) is 0. The molecule has 0 saturated carbocycles. The van der Waals surface area contributed by atoms with E-state index in [1.165, 1.54) is 12.1 Å². The molecule has 0 bridgehead atoms. The predicted molar refractivity (Wildman–Crippen MR) is 95.7 cm³/mol. The second kappa shape index (κ2) is 7.43. The molecule has 0 atom stereocenters. The summed E-state index contributed by atoms with van der Waals surface area (Å²) in [6.07, 6.45) is 1.34. The van der Waals surface area contributed by atoms with Crippen LogP contribution in [0, 0.1) is 10.1 Å². The van der Waals surface area contributed by atoms with Crippen molar-refractivity contribution in [3.05, 3.63) is 82.5 Å². The van der Waals surface area contributed by atoms with E-state index in [-0.39, 0.29) is 23.9 Å². The lowest BCUT2D eigenvalue weighted by atomic mass is 10.0. The Morgan fingerprint density at radius 3 is 2.46 bits per heavy atom. The number of aromatic nitrogens is 1. The molecule has 0 aliphatic heterocycles. The number of hydrogen-bond acceptors (Lipinski definition) is 5. The number of amides is 1. The molecule has 0 radical (unpaired) electrons. The topological polar surface area (TPSA) is 108 Å². The summed E-state index contributed by atoms with van der Waals surface area (Å²) < 4.78 is 5.59. The van der Waals surface area contributed by atoms with Crippen molar-refractivity contribution in [2.45, 2.75) is 6.42 Å². The van der Waals surface area contributed by atoms with Gasteiger partial charge in [0.05, 0.1) is 11.3 Å². The van der Waals surface area contributed by atoms with Gasteiger partial charge in [0.15, 0.2) is 0 Å². The quantitative estimate of drug-likeness (QED) is 0.541. The highest BCUT2D eigenvalue weighted by Crippen LogP contribution is 2.26. The average molecular weight is 349 g/mol. The summed E-state index contributed by atoms with van der Waals surface area (Å²) in [5.41, 5.74) is 7.91. The van der Waals surface area contributed by atoms with Crippen molar-refractivity contribution >= 4 is 11.6 Å². The third kappa shape index (κ3) is 4.21. The Hall–Kier alpha value is -3.74. The first-order valence-corrected chi connectivity index (χ1v) is 7.77. The Morgan fingerprint density at radius 1 is 1.08 bits per heavy atom. The number of nitro groups is 1. The molecule has 7 nitrogen and oxygen atoms in total. The van der Waals surface area contributed by atoms with E-state index >= 15 is 0 Å². The molecule has 0 aliphatic rings. The molecule has 0 fully saturated rings. The lowest BCUT2D eigenvalue weighted by Crippen LogP contribution is -2.13. The molecule has 3 rings (SSSR count). The third-order valence-corrected chi connectivity index (χ3v) is 3.65. The number of ether oxygens (including phenoxy) is 1. The molecule has 1 amide bonds. The van der Waals surface area contributed by atoms with E-state index in [1.807, 2.05) is 36.4 Å². The van der Waals surface area contributed by atoms with Crippen molar-refractivity contribution in [3.63, 3.8) is 0 Å². The molecule has 3 aromatic rings. The number of nitrogens with two attached hydrogens (primary N) is 1. The molecule has 0 unspecified atom stereocenters. The van der Waals surface area contributed by atoms with Gasteiger partial charge in [0.25, 0.3) is 5.69 Å². The molecule has 26 heavy (non-hydrogen) atoms. The monoisotopic (exact) mass is 349 g/mol. The maximum atomic E-state index is 11.1. The first-order chi connectivity index (χ1) is 12.5. The van der Waals surface area contributed by atoms with Gasteiger partial charge < -0.3 is 10.5 Å². The van der Waals surface area contributed by atoms with Crippen LogP contribution in [0.2, 0.25) is 0 Å². The van der Waals surface area contributed by atoms with Gasteiger partial charge in [-0.25, -0.2) is 4.98 Å². The van der Waals surface area contributed by atoms with Gasteiger partial charge in [-0.2, -0.15) is 0 Å². The molecule has 7 heteroatoms. The van der Waals surface area contributed by atoms with Gasteiger partial charge in [-0.15, -0.1) is 0 Å². The molecule has 0 spiro atoms. The first-order valence-electron chi connectivity index (χ1n) is 7.77. The summed E-state index contributed by atoms with van der Waals surface area (Å²) in [4.78, 5) is 25.1. The molecule has 0 aliphatic carbocycles. The van der Waals surface area contributed by atoms with Crippen LogP contribution in [0.1, 0.15) is 5.56 Å². The van der Waals surface area contributed by atoms with Gasteiger partial charge in [0.2, 0.25) is 11.8 Å². The molecule has 1 heterocycles. The van der Waals surface area contributed by atoms with Crippen molar-refractivity contribution in [1.29, 1.82) is 0 Å². The fourth-order valence-electron chi connectivity index (χ4n) is 2.44. The summed E-state index contributed by atoms with van der Waals surface area (Å²) in [6, 6.07) is 17.7. The van der Waals surface area contributed by atoms with E-state index in [0.29, 0.717) is 5.75 Å². The number of benzene rings is 2. The standard InChI is InChI=1S/C19H15N3O4/c20-18(23)11-13-2-1-3-15(10-13)14-4-7-17(8-5-14)26-19-9-6-16(12-21-19)22(24)25/h1-10,12H,11H2,(H2,20,23). The molecule has 1 aromatic heterocycles. The number of carbonyl (C=O) groups is 1. The fraction of sp³-hybridized carbons (Fsp3) is 0.0526. The lowest BCUT2D eigenvalue weighted by molar-refractivity contribution is -0.385. The van der Waals surface area contributed by atoms with Crippen molar-refractivity contribution < 1.29 is 14.5 Å². The largest absolute Gasteiger partial charge is 0.439 e. The summed E-state index contributed by atoms with van der Waals surface area (Å²) >= 11 is 0. The van der Waals surface area contributed by atoms with E-state index < -0.39 is 4.92 Å². The number of rotatable bonds is 6. The van der Waals surface area contributed by atoms with Gasteiger partial charge >= 0.3 is 0 Å². The summed E-state index contributed by atoms with van der Waals surface area (Å²) in [7, 11) is 0. The van der Waals surface area contributed by atoms with Crippen LogP contribution in [0.25, 0.3) is 11.1 Å². The molecule has 130 valence electrons. The minimum atomic E-state index is -0.516. The van der Waals surface area contributed by atoms with E-state index in [1.54, 1.807) is 12.1 Å². The van der Waals surface area contributed by atoms with Crippen molar-refractivity contribution in [1.82, 2.24) is 4.98 Å². The molecular weight excluding hydrogens is 334 g/mol. The van der Waals surface area contributed by atoms with E-state index in [9.17, 15) is 14.9 Å². The van der Waals surface area contributed by atoms with Crippen molar-refractivity contribution in [2.75, 3.05) is 0 Å². The highest BCUT2D eigenvalue weighted by atomic mass is 16.6. The zero-order valence-electron chi connectivity index (χ0n) is 13.7. The highest BCUT2D eigenvalue weighted by Gasteiger charge is 2.07. The van der Waals surface area contributed by atoms with Gasteiger partial charge in [-0.05, 0) is 28.8 Å². The minimum absolute atomic E-state index is 0.0939. The zero-order valence-corrected chi connectivity index (χ0v) is 13.7.